The molecule has 0 aliphatic carbocycles. The molecule has 0 radical (unpaired) electrons. The molecule has 10 heteroatoms. The first-order chi connectivity index (χ1) is 11.4. The van der Waals surface area contributed by atoms with E-state index in [2.05, 4.69) is 5.32 Å². The van der Waals surface area contributed by atoms with Crippen LogP contribution in [0.2, 0.25) is 0 Å². The van der Waals surface area contributed by atoms with Gasteiger partial charge >= 0.3 is 18.0 Å². The number of nitrogens with one attached hydrogen (secondary N) is 1. The standard InChI is InChI=1S/C15H19N3O6S/c1-15(2)9-17(25(3,23)24)14(22)18(15)13(21)16-11(12(19)20)10-7-5-4-6-8-10/h4-8,11H,9H2,1-3H3,(H,16,21)(H,19,20). The lowest BCUT2D eigenvalue weighted by atomic mass is 10.1. The van der Waals surface area contributed by atoms with Gasteiger partial charge in [-0.25, -0.2) is 32.0 Å². The van der Waals surface area contributed by atoms with Crippen molar-refractivity contribution in [1.82, 2.24) is 14.5 Å². The van der Waals surface area contributed by atoms with Crippen molar-refractivity contribution < 1.29 is 27.9 Å². The van der Waals surface area contributed by atoms with E-state index >= 15 is 0 Å². The second-order valence-electron chi connectivity index (χ2n) is 6.33. The van der Waals surface area contributed by atoms with Gasteiger partial charge in [-0.3, -0.25) is 0 Å². The van der Waals surface area contributed by atoms with Gasteiger partial charge in [0, 0.05) is 0 Å². The number of carbonyl (C=O) groups is 3. The van der Waals surface area contributed by atoms with Gasteiger partial charge in [0.25, 0.3) is 0 Å². The highest BCUT2D eigenvalue weighted by atomic mass is 32.2. The quantitative estimate of drug-likeness (QED) is 0.816. The first-order valence-corrected chi connectivity index (χ1v) is 9.20. The second kappa shape index (κ2) is 6.36. The van der Waals surface area contributed by atoms with Crippen molar-refractivity contribution in [2.75, 3.05) is 12.8 Å². The predicted molar refractivity (Wildman–Crippen MR) is 88.2 cm³/mol. The van der Waals surface area contributed by atoms with E-state index in [4.69, 9.17) is 0 Å². The smallest absolute Gasteiger partial charge is 0.342 e. The van der Waals surface area contributed by atoms with E-state index in [1.165, 1.54) is 26.0 Å². The monoisotopic (exact) mass is 369 g/mol. The van der Waals surface area contributed by atoms with E-state index in [0.29, 0.717) is 9.87 Å². The zero-order valence-corrected chi connectivity index (χ0v) is 14.8. The first kappa shape index (κ1) is 18.7. The Morgan fingerprint density at radius 3 is 2.24 bits per heavy atom. The molecule has 1 atom stereocenters. The van der Waals surface area contributed by atoms with E-state index in [9.17, 15) is 27.9 Å². The van der Waals surface area contributed by atoms with Crippen LogP contribution in [-0.4, -0.2) is 59.1 Å². The van der Waals surface area contributed by atoms with Gasteiger partial charge in [-0.2, -0.15) is 0 Å². The number of carboxylic acids is 1. The topological polar surface area (TPSA) is 124 Å². The molecule has 4 amide bonds. The molecule has 1 aliphatic heterocycles. The molecule has 0 saturated carbocycles. The fraction of sp³-hybridized carbons (Fsp3) is 0.400. The largest absolute Gasteiger partial charge is 0.479 e. The van der Waals surface area contributed by atoms with Crippen molar-refractivity contribution in [3.05, 3.63) is 35.9 Å². The molecule has 1 heterocycles. The van der Waals surface area contributed by atoms with E-state index in [-0.39, 0.29) is 6.54 Å². The molecule has 1 saturated heterocycles. The Balaban J connectivity index is 2.30. The minimum atomic E-state index is -3.84. The molecule has 25 heavy (non-hydrogen) atoms. The van der Waals surface area contributed by atoms with Crippen molar-refractivity contribution in [3.63, 3.8) is 0 Å². The SMILES string of the molecule is CC1(C)CN(S(C)(=O)=O)C(=O)N1C(=O)NC(C(=O)O)c1ccccc1. The normalized spacial score (nSPS) is 18.1. The van der Waals surface area contributed by atoms with Crippen LogP contribution in [0.15, 0.2) is 30.3 Å². The van der Waals surface area contributed by atoms with Crippen molar-refractivity contribution in [1.29, 1.82) is 0 Å². The Hall–Kier alpha value is -2.62. The maximum atomic E-state index is 12.5. The summed E-state index contributed by atoms with van der Waals surface area (Å²) >= 11 is 0. The minimum Gasteiger partial charge on any atom is -0.479 e. The summed E-state index contributed by atoms with van der Waals surface area (Å²) in [6, 6.07) is 4.63. The number of nitrogens with zero attached hydrogens (tertiary/aromatic N) is 2. The Labute approximate surface area is 145 Å². The molecule has 0 bridgehead atoms. The molecule has 0 spiro atoms. The highest BCUT2D eigenvalue weighted by Gasteiger charge is 2.50. The summed E-state index contributed by atoms with van der Waals surface area (Å²) in [5.74, 6) is -1.30. The van der Waals surface area contributed by atoms with Crippen LogP contribution >= 0.6 is 0 Å². The molecular weight excluding hydrogens is 350 g/mol. The molecule has 1 aromatic rings. The number of urea groups is 2. The van der Waals surface area contributed by atoms with Crippen molar-refractivity contribution >= 4 is 28.1 Å². The van der Waals surface area contributed by atoms with Gasteiger partial charge in [0.1, 0.15) is 0 Å². The van der Waals surface area contributed by atoms with Gasteiger partial charge in [0.15, 0.2) is 6.04 Å². The van der Waals surface area contributed by atoms with Gasteiger partial charge in [-0.15, -0.1) is 0 Å². The van der Waals surface area contributed by atoms with Gasteiger partial charge in [-0.05, 0) is 19.4 Å². The number of hydrogen-bond acceptors (Lipinski definition) is 5. The maximum Gasteiger partial charge on any atom is 0.342 e. The van der Waals surface area contributed by atoms with Gasteiger partial charge < -0.3 is 10.4 Å². The molecule has 1 fully saturated rings. The average Bonchev–Trinajstić information content (AvgIpc) is 2.75. The average molecular weight is 369 g/mol. The molecule has 9 nitrogen and oxygen atoms in total. The molecule has 2 N–H and O–H groups in total. The number of rotatable bonds is 4. The Morgan fingerprint density at radius 1 is 1.24 bits per heavy atom. The number of carboxylic acid groups (broad SMARTS) is 1. The third-order valence-electron chi connectivity index (χ3n) is 3.79. The maximum absolute atomic E-state index is 12.5. The Bertz CT molecular complexity index is 806. The fourth-order valence-corrected chi connectivity index (χ4v) is 3.52. The summed E-state index contributed by atoms with van der Waals surface area (Å²) < 4.78 is 24.0. The third-order valence-corrected chi connectivity index (χ3v) is 4.88. The number of imide groups is 1. The highest BCUT2D eigenvalue weighted by Crippen LogP contribution is 2.28. The molecule has 0 aromatic heterocycles. The molecule has 2 rings (SSSR count). The lowest BCUT2D eigenvalue weighted by molar-refractivity contribution is -0.139. The number of carbonyl (C=O) groups excluding carboxylic acids is 2. The van der Waals surface area contributed by atoms with Crippen LogP contribution in [0.3, 0.4) is 0 Å². The van der Waals surface area contributed by atoms with Crippen LogP contribution in [0.5, 0.6) is 0 Å². The number of sulfonamides is 1. The molecular formula is C15H19N3O6S. The second-order valence-corrected chi connectivity index (χ2v) is 8.24. The summed E-state index contributed by atoms with van der Waals surface area (Å²) in [4.78, 5) is 37.1. The van der Waals surface area contributed by atoms with Crippen molar-refractivity contribution in [3.8, 4) is 0 Å². The fourth-order valence-electron chi connectivity index (χ4n) is 2.60. The first-order valence-electron chi connectivity index (χ1n) is 7.35. The van der Waals surface area contributed by atoms with Crippen LogP contribution < -0.4 is 5.32 Å². The Kier molecular flexibility index (Phi) is 4.76. The van der Waals surface area contributed by atoms with Crippen molar-refractivity contribution in [2.45, 2.75) is 25.4 Å². The van der Waals surface area contributed by atoms with Crippen molar-refractivity contribution in [2.24, 2.45) is 0 Å². The van der Waals surface area contributed by atoms with E-state index in [1.807, 2.05) is 0 Å². The molecule has 1 aromatic carbocycles. The third kappa shape index (κ3) is 3.73. The molecule has 1 unspecified atom stereocenters. The van der Waals surface area contributed by atoms with Gasteiger partial charge in [0.05, 0.1) is 18.3 Å². The summed E-state index contributed by atoms with van der Waals surface area (Å²) in [5, 5.41) is 11.6. The lowest BCUT2D eigenvalue weighted by Crippen LogP contribution is -2.52. The van der Waals surface area contributed by atoms with E-state index in [1.54, 1.807) is 18.2 Å². The number of aliphatic carboxylic acids is 1. The summed E-state index contributed by atoms with van der Waals surface area (Å²) in [6.07, 6.45) is 0.867. The summed E-state index contributed by atoms with van der Waals surface area (Å²) in [5.41, 5.74) is -0.794. The number of amides is 4. The minimum absolute atomic E-state index is 0.207. The van der Waals surface area contributed by atoms with Crippen LogP contribution in [-0.2, 0) is 14.8 Å². The predicted octanol–water partition coefficient (Wildman–Crippen LogP) is 0.998. The highest BCUT2D eigenvalue weighted by molar-refractivity contribution is 7.88. The van der Waals surface area contributed by atoms with Crippen LogP contribution in [0, 0.1) is 0 Å². The van der Waals surface area contributed by atoms with Gasteiger partial charge in [-0.1, -0.05) is 30.3 Å². The van der Waals surface area contributed by atoms with Crippen LogP contribution in [0.4, 0.5) is 9.59 Å². The van der Waals surface area contributed by atoms with E-state index < -0.39 is 39.6 Å². The van der Waals surface area contributed by atoms with Gasteiger partial charge in [0.2, 0.25) is 10.0 Å². The molecule has 1 aliphatic rings. The van der Waals surface area contributed by atoms with E-state index in [0.717, 1.165) is 11.2 Å². The Morgan fingerprint density at radius 2 is 1.80 bits per heavy atom. The number of hydrogen-bond donors (Lipinski definition) is 2. The van der Waals surface area contributed by atoms with Crippen LogP contribution in [0.25, 0.3) is 0 Å². The molecule has 136 valence electrons. The summed E-state index contributed by atoms with van der Waals surface area (Å²) in [7, 11) is -3.84. The zero-order chi connectivity index (χ0) is 19.0. The number of benzene rings is 1. The van der Waals surface area contributed by atoms with Crippen LogP contribution in [0.1, 0.15) is 25.5 Å². The summed E-state index contributed by atoms with van der Waals surface area (Å²) in [6.45, 7) is 2.84. The lowest BCUT2D eigenvalue weighted by Gasteiger charge is -2.28. The zero-order valence-electron chi connectivity index (χ0n) is 14.0.